The van der Waals surface area contributed by atoms with Crippen molar-refractivity contribution in [2.75, 3.05) is 0 Å². The second-order valence-electron chi connectivity index (χ2n) is 3.65. The fourth-order valence-electron chi connectivity index (χ4n) is 1.64. The first-order chi connectivity index (χ1) is 6.79. The van der Waals surface area contributed by atoms with Crippen molar-refractivity contribution in [2.24, 2.45) is 5.73 Å². The van der Waals surface area contributed by atoms with Gasteiger partial charge < -0.3 is 5.73 Å². The number of hydrogen-bond acceptors (Lipinski definition) is 2. The molecule has 0 saturated heterocycles. The van der Waals surface area contributed by atoms with E-state index in [1.54, 1.807) is 0 Å². The van der Waals surface area contributed by atoms with Crippen molar-refractivity contribution in [1.29, 1.82) is 0 Å². The van der Waals surface area contributed by atoms with E-state index in [2.05, 4.69) is 24.9 Å². The Hall–Kier alpha value is -0.890. The predicted octanol–water partition coefficient (Wildman–Crippen LogP) is 2.83. The highest BCUT2D eigenvalue weighted by Crippen LogP contribution is 2.18. The summed E-state index contributed by atoms with van der Waals surface area (Å²) in [7, 11) is 0. The van der Waals surface area contributed by atoms with Gasteiger partial charge in [0.05, 0.1) is 5.69 Å². The molecule has 2 N–H and O–H groups in total. The quantitative estimate of drug-likeness (QED) is 0.779. The average Bonchev–Trinajstić information content (AvgIpc) is 2.25. The maximum atomic E-state index is 6.09. The van der Waals surface area contributed by atoms with Gasteiger partial charge in [-0.3, -0.25) is 4.98 Å². The van der Waals surface area contributed by atoms with Gasteiger partial charge in [-0.2, -0.15) is 0 Å². The summed E-state index contributed by atoms with van der Waals surface area (Å²) in [4.78, 5) is 4.38. The van der Waals surface area contributed by atoms with Crippen LogP contribution in [0, 0.1) is 0 Å². The summed E-state index contributed by atoms with van der Waals surface area (Å²) in [6.07, 6.45) is 6.27. The molecule has 0 radical (unpaired) electrons. The van der Waals surface area contributed by atoms with Crippen molar-refractivity contribution in [3.63, 3.8) is 0 Å². The molecule has 1 aromatic rings. The van der Waals surface area contributed by atoms with Gasteiger partial charge in [-0.25, -0.2) is 0 Å². The predicted molar refractivity (Wildman–Crippen MR) is 60.1 cm³/mol. The van der Waals surface area contributed by atoms with Gasteiger partial charge >= 0.3 is 0 Å². The lowest BCUT2D eigenvalue weighted by Crippen LogP contribution is -2.14. The molecule has 78 valence electrons. The SMILES string of the molecule is CCCCC(N)c1ncccc1CC. The van der Waals surface area contributed by atoms with Crippen LogP contribution in [0.2, 0.25) is 0 Å². The number of nitrogens with two attached hydrogens (primary N) is 1. The Labute approximate surface area is 86.5 Å². The first-order valence-corrected chi connectivity index (χ1v) is 5.49. The fraction of sp³-hybridized carbons (Fsp3) is 0.583. The Morgan fingerprint density at radius 3 is 2.86 bits per heavy atom. The van der Waals surface area contributed by atoms with Crippen LogP contribution in [0.25, 0.3) is 0 Å². The van der Waals surface area contributed by atoms with E-state index in [1.165, 1.54) is 18.4 Å². The molecule has 2 heteroatoms. The van der Waals surface area contributed by atoms with Gasteiger partial charge in [0.1, 0.15) is 0 Å². The van der Waals surface area contributed by atoms with Crippen molar-refractivity contribution < 1.29 is 0 Å². The molecular formula is C12H20N2. The number of aryl methyl sites for hydroxylation is 1. The third kappa shape index (κ3) is 2.81. The number of rotatable bonds is 5. The lowest BCUT2D eigenvalue weighted by molar-refractivity contribution is 0.585. The van der Waals surface area contributed by atoms with Crippen LogP contribution in [-0.2, 0) is 6.42 Å². The van der Waals surface area contributed by atoms with E-state index in [0.717, 1.165) is 18.5 Å². The molecule has 0 aliphatic heterocycles. The molecule has 0 saturated carbocycles. The molecule has 1 heterocycles. The molecule has 0 aromatic carbocycles. The van der Waals surface area contributed by atoms with Crippen LogP contribution >= 0.6 is 0 Å². The minimum atomic E-state index is 0.117. The summed E-state index contributed by atoms with van der Waals surface area (Å²) >= 11 is 0. The molecule has 0 aliphatic rings. The molecule has 0 aliphatic carbocycles. The Balaban J connectivity index is 2.72. The summed E-state index contributed by atoms with van der Waals surface area (Å²) in [5.74, 6) is 0. The zero-order valence-corrected chi connectivity index (χ0v) is 9.16. The Morgan fingerprint density at radius 2 is 2.21 bits per heavy atom. The van der Waals surface area contributed by atoms with E-state index in [9.17, 15) is 0 Å². The molecule has 14 heavy (non-hydrogen) atoms. The van der Waals surface area contributed by atoms with E-state index >= 15 is 0 Å². The van der Waals surface area contributed by atoms with Gasteiger partial charge in [0.2, 0.25) is 0 Å². The highest BCUT2D eigenvalue weighted by atomic mass is 14.8. The monoisotopic (exact) mass is 192 g/mol. The first kappa shape index (κ1) is 11.2. The highest BCUT2D eigenvalue weighted by molar-refractivity contribution is 5.22. The van der Waals surface area contributed by atoms with Crippen LogP contribution in [0.3, 0.4) is 0 Å². The Bertz CT molecular complexity index is 271. The van der Waals surface area contributed by atoms with Crippen molar-refractivity contribution in [2.45, 2.75) is 45.6 Å². The molecule has 0 amide bonds. The minimum Gasteiger partial charge on any atom is -0.323 e. The smallest absolute Gasteiger partial charge is 0.0602 e. The number of pyridine rings is 1. The molecule has 0 spiro atoms. The largest absolute Gasteiger partial charge is 0.323 e. The van der Waals surface area contributed by atoms with Gasteiger partial charge in [-0.15, -0.1) is 0 Å². The zero-order valence-electron chi connectivity index (χ0n) is 9.16. The molecule has 2 nitrogen and oxygen atoms in total. The maximum absolute atomic E-state index is 6.09. The topological polar surface area (TPSA) is 38.9 Å². The molecule has 1 aromatic heterocycles. The summed E-state index contributed by atoms with van der Waals surface area (Å²) in [6.45, 7) is 4.33. The maximum Gasteiger partial charge on any atom is 0.0602 e. The molecular weight excluding hydrogens is 172 g/mol. The van der Waals surface area contributed by atoms with Gasteiger partial charge in [0.15, 0.2) is 0 Å². The van der Waals surface area contributed by atoms with E-state index in [0.29, 0.717) is 0 Å². The molecule has 0 bridgehead atoms. The van der Waals surface area contributed by atoms with Gasteiger partial charge in [-0.1, -0.05) is 32.8 Å². The van der Waals surface area contributed by atoms with Gasteiger partial charge in [0, 0.05) is 12.2 Å². The van der Waals surface area contributed by atoms with Crippen molar-refractivity contribution >= 4 is 0 Å². The highest BCUT2D eigenvalue weighted by Gasteiger charge is 2.10. The van der Waals surface area contributed by atoms with Crippen LogP contribution in [0.4, 0.5) is 0 Å². The molecule has 1 unspecified atom stereocenters. The number of nitrogens with zero attached hydrogens (tertiary/aromatic N) is 1. The van der Waals surface area contributed by atoms with Crippen LogP contribution in [0.15, 0.2) is 18.3 Å². The minimum absolute atomic E-state index is 0.117. The van der Waals surface area contributed by atoms with Crippen molar-refractivity contribution in [1.82, 2.24) is 4.98 Å². The second-order valence-corrected chi connectivity index (χ2v) is 3.65. The molecule has 0 fully saturated rings. The van der Waals surface area contributed by atoms with Crippen LogP contribution in [-0.4, -0.2) is 4.98 Å². The normalized spacial score (nSPS) is 12.8. The van der Waals surface area contributed by atoms with Gasteiger partial charge in [-0.05, 0) is 24.5 Å². The fourth-order valence-corrected chi connectivity index (χ4v) is 1.64. The Morgan fingerprint density at radius 1 is 1.43 bits per heavy atom. The van der Waals surface area contributed by atoms with E-state index in [4.69, 9.17) is 5.73 Å². The lowest BCUT2D eigenvalue weighted by atomic mass is 10.0. The lowest BCUT2D eigenvalue weighted by Gasteiger charge is -2.13. The second kappa shape index (κ2) is 5.76. The van der Waals surface area contributed by atoms with Crippen LogP contribution < -0.4 is 5.73 Å². The standard InChI is InChI=1S/C12H20N2/c1-3-5-8-11(13)12-10(4-2)7-6-9-14-12/h6-7,9,11H,3-5,8,13H2,1-2H3. The Kier molecular flexibility index (Phi) is 4.60. The third-order valence-electron chi connectivity index (χ3n) is 2.53. The number of hydrogen-bond donors (Lipinski definition) is 1. The average molecular weight is 192 g/mol. The van der Waals surface area contributed by atoms with Crippen molar-refractivity contribution in [3.8, 4) is 0 Å². The first-order valence-electron chi connectivity index (χ1n) is 5.49. The van der Waals surface area contributed by atoms with Crippen LogP contribution in [0.5, 0.6) is 0 Å². The summed E-state index contributed by atoms with van der Waals surface area (Å²) < 4.78 is 0. The molecule has 1 atom stereocenters. The number of aromatic nitrogens is 1. The third-order valence-corrected chi connectivity index (χ3v) is 2.53. The molecule has 1 rings (SSSR count). The summed E-state index contributed by atoms with van der Waals surface area (Å²) in [5, 5.41) is 0. The van der Waals surface area contributed by atoms with Crippen LogP contribution in [0.1, 0.15) is 50.4 Å². The summed E-state index contributed by atoms with van der Waals surface area (Å²) in [6, 6.07) is 4.22. The van der Waals surface area contributed by atoms with Crippen molar-refractivity contribution in [3.05, 3.63) is 29.6 Å². The number of unbranched alkanes of at least 4 members (excludes halogenated alkanes) is 1. The van der Waals surface area contributed by atoms with E-state index in [-0.39, 0.29) is 6.04 Å². The summed E-state index contributed by atoms with van der Waals surface area (Å²) in [5.41, 5.74) is 8.47. The van der Waals surface area contributed by atoms with Gasteiger partial charge in [0.25, 0.3) is 0 Å². The van der Waals surface area contributed by atoms with E-state index in [1.807, 2.05) is 12.3 Å². The van der Waals surface area contributed by atoms with E-state index < -0.39 is 0 Å². The zero-order chi connectivity index (χ0) is 10.4.